The fraction of sp³-hybridized carbons (Fsp3) is 0.385. The van der Waals surface area contributed by atoms with E-state index in [2.05, 4.69) is 33.1 Å². The Morgan fingerprint density at radius 1 is 0.902 bits per heavy atom. The van der Waals surface area contributed by atoms with Crippen LogP contribution in [0.1, 0.15) is 94.3 Å². The van der Waals surface area contributed by atoms with Crippen LogP contribution >= 0.6 is 34.9 Å². The first-order valence-corrected chi connectivity index (χ1v) is 19.9. The van der Waals surface area contributed by atoms with E-state index < -0.39 is 5.60 Å². The summed E-state index contributed by atoms with van der Waals surface area (Å²) in [5, 5.41) is 16.6. The molecule has 4 N–H and O–H groups in total. The third-order valence-electron chi connectivity index (χ3n) is 6.18. The normalized spacial score (nSPS) is 10.9. The smallest absolute Gasteiger partial charge is 0.407 e. The Bertz CT molecular complexity index is 1640. The number of ether oxygens (including phenoxy) is 1. The molecule has 12 heteroatoms. The minimum atomic E-state index is -0.496. The summed E-state index contributed by atoms with van der Waals surface area (Å²) in [6.07, 6.45) is 2.23. The quantitative estimate of drug-likeness (QED) is 0.0982. The summed E-state index contributed by atoms with van der Waals surface area (Å²) in [4.78, 5) is 45.8. The first kappa shape index (κ1) is 45.2. The van der Waals surface area contributed by atoms with Gasteiger partial charge >= 0.3 is 6.09 Å². The predicted molar refractivity (Wildman–Crippen MR) is 215 cm³/mol. The summed E-state index contributed by atoms with van der Waals surface area (Å²) in [5.41, 5.74) is 2.23. The van der Waals surface area contributed by atoms with Crippen molar-refractivity contribution in [1.29, 1.82) is 0 Å². The van der Waals surface area contributed by atoms with Crippen molar-refractivity contribution in [3.63, 3.8) is 0 Å². The van der Waals surface area contributed by atoms with Gasteiger partial charge in [0.1, 0.15) is 10.6 Å². The largest absolute Gasteiger partial charge is 0.444 e. The van der Waals surface area contributed by atoms with Crippen LogP contribution in [0.2, 0.25) is 0 Å². The molecule has 0 saturated heterocycles. The summed E-state index contributed by atoms with van der Waals surface area (Å²) in [6, 6.07) is 21.0. The fourth-order valence-electron chi connectivity index (χ4n) is 4.16. The summed E-state index contributed by atoms with van der Waals surface area (Å²) in [6.45, 7) is 18.4. The SMILES string of the molecule is CC.CC.CC.CC(C)(C)OC(=O)NCCCSc1ccc(-c2ncc(CNC(=O)c3ccc4c(c3)NC(=O)c3ccccc3S4)s2)cc1.CO. The van der Waals surface area contributed by atoms with Gasteiger partial charge < -0.3 is 25.8 Å². The fourth-order valence-corrected chi connectivity index (χ4v) is 6.88. The van der Waals surface area contributed by atoms with Crippen molar-refractivity contribution in [2.45, 2.75) is 95.6 Å². The van der Waals surface area contributed by atoms with Crippen LogP contribution in [-0.2, 0) is 11.3 Å². The number of thioether (sulfide) groups is 1. The number of aliphatic hydroxyl groups is 1. The number of fused-ring (bicyclic) bond motifs is 2. The highest BCUT2D eigenvalue weighted by Crippen LogP contribution is 2.39. The van der Waals surface area contributed by atoms with Crippen molar-refractivity contribution in [3.05, 3.63) is 88.9 Å². The minimum Gasteiger partial charge on any atom is -0.444 e. The zero-order chi connectivity index (χ0) is 38.4. The van der Waals surface area contributed by atoms with Gasteiger partial charge in [-0.2, -0.15) is 0 Å². The van der Waals surface area contributed by atoms with Gasteiger partial charge in [-0.3, -0.25) is 9.59 Å². The second-order valence-corrected chi connectivity index (χ2v) is 14.1. The van der Waals surface area contributed by atoms with Gasteiger partial charge in [-0.15, -0.1) is 23.1 Å². The summed E-state index contributed by atoms with van der Waals surface area (Å²) >= 11 is 4.77. The predicted octanol–water partition coefficient (Wildman–Crippen LogP) is 10.2. The molecule has 1 aromatic heterocycles. The Hall–Kier alpha value is -3.84. The molecule has 4 aromatic rings. The Morgan fingerprint density at radius 3 is 2.24 bits per heavy atom. The van der Waals surface area contributed by atoms with Gasteiger partial charge in [-0.1, -0.05) is 77.6 Å². The number of amides is 3. The highest BCUT2D eigenvalue weighted by atomic mass is 32.2. The Balaban J connectivity index is 0.00000152. The summed E-state index contributed by atoms with van der Waals surface area (Å²) < 4.78 is 5.25. The maximum atomic E-state index is 12.9. The van der Waals surface area contributed by atoms with E-state index in [1.807, 2.05) is 98.7 Å². The number of carbonyl (C=O) groups excluding carboxylic acids is 3. The topological polar surface area (TPSA) is 130 Å². The standard InChI is InChI=1S/C32H32N4O4S3.3C2H6.CH4O/c1-32(2,3)40-31(39)33-15-6-16-41-22-12-9-20(10-13-22)30-35-19-23(42-30)18-34-28(37)21-11-14-27-25(17-21)36-29(38)24-7-4-5-8-26(24)43-27;4*1-2/h4-5,7-14,17,19H,6,15-16,18H2,1-3H3,(H,33,39)(H,34,37)(H,36,38);3*1-2H3;2H,1H3. The Kier molecular flexibility index (Phi) is 21.6. The first-order valence-electron chi connectivity index (χ1n) is 17.2. The zero-order valence-electron chi connectivity index (χ0n) is 31.5. The highest BCUT2D eigenvalue weighted by molar-refractivity contribution is 7.99. The molecule has 3 amide bonds. The lowest BCUT2D eigenvalue weighted by molar-refractivity contribution is 0.0527. The highest BCUT2D eigenvalue weighted by Gasteiger charge is 2.21. The summed E-state index contributed by atoms with van der Waals surface area (Å²) in [7, 11) is 1.00. The maximum absolute atomic E-state index is 12.9. The molecule has 0 spiro atoms. The molecule has 278 valence electrons. The van der Waals surface area contributed by atoms with Crippen molar-refractivity contribution in [3.8, 4) is 10.6 Å². The molecule has 0 atom stereocenters. The number of nitrogens with zero attached hydrogens (tertiary/aromatic N) is 1. The molecular weight excluding hydrogens is 701 g/mol. The average Bonchev–Trinajstić information content (AvgIpc) is 3.58. The van der Waals surface area contributed by atoms with Crippen LogP contribution in [0.4, 0.5) is 10.5 Å². The Labute approximate surface area is 316 Å². The molecule has 0 aliphatic carbocycles. The van der Waals surface area contributed by atoms with Crippen molar-refractivity contribution in [2.24, 2.45) is 0 Å². The molecule has 0 radical (unpaired) electrons. The maximum Gasteiger partial charge on any atom is 0.407 e. The van der Waals surface area contributed by atoms with Gasteiger partial charge in [0.05, 0.1) is 17.8 Å². The first-order chi connectivity index (χ1) is 24.6. The van der Waals surface area contributed by atoms with E-state index in [0.717, 1.165) is 49.4 Å². The second-order valence-electron chi connectivity index (χ2n) is 10.7. The van der Waals surface area contributed by atoms with Crippen LogP contribution in [0.25, 0.3) is 10.6 Å². The van der Waals surface area contributed by atoms with Gasteiger partial charge in [0.2, 0.25) is 0 Å². The number of nitrogens with one attached hydrogen (secondary N) is 3. The molecule has 5 rings (SSSR count). The third kappa shape index (κ3) is 15.1. The van der Waals surface area contributed by atoms with Crippen molar-refractivity contribution >= 4 is 58.5 Å². The number of thiazole rings is 1. The summed E-state index contributed by atoms with van der Waals surface area (Å²) in [5.74, 6) is 0.469. The molecule has 2 heterocycles. The minimum absolute atomic E-state index is 0.184. The molecule has 51 heavy (non-hydrogen) atoms. The van der Waals surface area contributed by atoms with Crippen LogP contribution in [0.5, 0.6) is 0 Å². The number of anilines is 1. The van der Waals surface area contributed by atoms with Crippen LogP contribution in [-0.4, -0.2) is 53.0 Å². The van der Waals surface area contributed by atoms with E-state index in [9.17, 15) is 14.4 Å². The van der Waals surface area contributed by atoms with Crippen LogP contribution in [0, 0.1) is 0 Å². The number of hydrogen-bond acceptors (Lipinski definition) is 9. The second kappa shape index (κ2) is 24.4. The van der Waals surface area contributed by atoms with Gasteiger partial charge in [0.15, 0.2) is 0 Å². The lowest BCUT2D eigenvalue weighted by Gasteiger charge is -2.19. The number of aromatic nitrogens is 1. The lowest BCUT2D eigenvalue weighted by atomic mass is 10.1. The van der Waals surface area contributed by atoms with E-state index >= 15 is 0 Å². The number of hydrogen-bond donors (Lipinski definition) is 4. The third-order valence-corrected chi connectivity index (χ3v) is 9.47. The molecular formula is C39H54N4O5S3. The van der Waals surface area contributed by atoms with E-state index in [4.69, 9.17) is 9.84 Å². The van der Waals surface area contributed by atoms with Crippen molar-refractivity contribution < 1.29 is 24.2 Å². The van der Waals surface area contributed by atoms with E-state index in [-0.39, 0.29) is 17.9 Å². The van der Waals surface area contributed by atoms with Gasteiger partial charge in [-0.05, 0) is 75.4 Å². The molecule has 0 fully saturated rings. The average molecular weight is 755 g/mol. The number of alkyl carbamates (subject to hydrolysis) is 1. The van der Waals surface area contributed by atoms with Crippen molar-refractivity contribution in [2.75, 3.05) is 24.7 Å². The van der Waals surface area contributed by atoms with Crippen LogP contribution in [0.3, 0.4) is 0 Å². The molecule has 3 aromatic carbocycles. The monoisotopic (exact) mass is 754 g/mol. The molecule has 0 unspecified atom stereocenters. The zero-order valence-corrected chi connectivity index (χ0v) is 34.0. The van der Waals surface area contributed by atoms with E-state index in [1.165, 1.54) is 23.1 Å². The number of rotatable bonds is 9. The van der Waals surface area contributed by atoms with Gasteiger partial charge in [0.25, 0.3) is 11.8 Å². The molecule has 9 nitrogen and oxygen atoms in total. The molecule has 1 aliphatic rings. The van der Waals surface area contributed by atoms with Crippen molar-refractivity contribution in [1.82, 2.24) is 15.6 Å². The Morgan fingerprint density at radius 2 is 1.57 bits per heavy atom. The number of carbonyl (C=O) groups is 3. The molecule has 0 bridgehead atoms. The number of benzene rings is 3. The lowest BCUT2D eigenvalue weighted by Crippen LogP contribution is -2.33. The van der Waals surface area contributed by atoms with E-state index in [0.29, 0.717) is 29.9 Å². The van der Waals surface area contributed by atoms with Crippen LogP contribution in [0.15, 0.2) is 87.6 Å². The number of aliphatic hydroxyl groups excluding tert-OH is 1. The van der Waals surface area contributed by atoms with E-state index in [1.54, 1.807) is 36.2 Å². The van der Waals surface area contributed by atoms with Gasteiger partial charge in [-0.25, -0.2) is 9.78 Å². The molecule has 0 saturated carbocycles. The molecule has 1 aliphatic heterocycles. The van der Waals surface area contributed by atoms with Crippen LogP contribution < -0.4 is 16.0 Å². The van der Waals surface area contributed by atoms with Gasteiger partial charge in [0, 0.05) is 50.5 Å².